The van der Waals surface area contributed by atoms with Crippen molar-refractivity contribution in [3.05, 3.63) is 64.4 Å². The molecule has 2 heterocycles. The molecule has 156 valence electrons. The molecular formula is C20H21N5O4S. The third kappa shape index (κ3) is 3.66. The van der Waals surface area contributed by atoms with Crippen LogP contribution >= 0.6 is 0 Å². The second-order valence-corrected chi connectivity index (χ2v) is 8.73. The molecule has 0 aliphatic carbocycles. The van der Waals surface area contributed by atoms with E-state index in [-0.39, 0.29) is 16.5 Å². The van der Waals surface area contributed by atoms with Crippen molar-refractivity contribution in [3.63, 3.8) is 0 Å². The van der Waals surface area contributed by atoms with Gasteiger partial charge in [-0.2, -0.15) is 9.71 Å². The van der Waals surface area contributed by atoms with Crippen LogP contribution in [0, 0.1) is 6.92 Å². The number of imidazole rings is 1. The van der Waals surface area contributed by atoms with Crippen LogP contribution in [-0.2, 0) is 16.6 Å². The third-order valence-corrected chi connectivity index (χ3v) is 6.38. The van der Waals surface area contributed by atoms with Crippen molar-refractivity contribution in [2.45, 2.75) is 38.3 Å². The maximum atomic E-state index is 12.6. The van der Waals surface area contributed by atoms with E-state index in [0.717, 1.165) is 11.1 Å². The molecule has 4 rings (SSSR count). The average Bonchev–Trinajstić information content (AvgIpc) is 3.31. The van der Waals surface area contributed by atoms with E-state index in [0.29, 0.717) is 23.4 Å². The molecule has 0 saturated heterocycles. The number of hydrogen-bond donors (Lipinski definition) is 2. The van der Waals surface area contributed by atoms with Crippen molar-refractivity contribution in [1.82, 2.24) is 24.4 Å². The Kier molecular flexibility index (Phi) is 5.04. The Morgan fingerprint density at radius 1 is 1.20 bits per heavy atom. The van der Waals surface area contributed by atoms with Crippen molar-refractivity contribution in [2.24, 2.45) is 0 Å². The van der Waals surface area contributed by atoms with Gasteiger partial charge in [0.15, 0.2) is 0 Å². The van der Waals surface area contributed by atoms with Crippen LogP contribution in [0.4, 0.5) is 0 Å². The number of rotatable bonds is 6. The van der Waals surface area contributed by atoms with Crippen LogP contribution in [0.5, 0.6) is 0 Å². The Morgan fingerprint density at radius 3 is 2.63 bits per heavy atom. The Labute approximate surface area is 172 Å². The minimum atomic E-state index is -3.73. The van der Waals surface area contributed by atoms with Crippen LogP contribution in [0.2, 0.25) is 0 Å². The number of hydrogen-bond acceptors (Lipinski definition) is 6. The van der Waals surface area contributed by atoms with Gasteiger partial charge in [0.25, 0.3) is 0 Å². The van der Waals surface area contributed by atoms with E-state index in [4.69, 9.17) is 4.52 Å². The number of benzene rings is 2. The molecule has 4 aromatic rings. The van der Waals surface area contributed by atoms with Gasteiger partial charge in [-0.15, -0.1) is 0 Å². The predicted octanol–water partition coefficient (Wildman–Crippen LogP) is 2.75. The first-order valence-electron chi connectivity index (χ1n) is 9.44. The molecule has 0 radical (unpaired) electrons. The Balaban J connectivity index is 1.58. The molecule has 2 aromatic heterocycles. The first-order chi connectivity index (χ1) is 14.3. The van der Waals surface area contributed by atoms with Gasteiger partial charge in [0.1, 0.15) is 0 Å². The van der Waals surface area contributed by atoms with Gasteiger partial charge in [0.2, 0.25) is 21.7 Å². The van der Waals surface area contributed by atoms with E-state index < -0.39 is 16.1 Å². The van der Waals surface area contributed by atoms with Crippen LogP contribution in [-0.4, -0.2) is 28.1 Å². The number of aryl methyl sites for hydroxylation is 2. The van der Waals surface area contributed by atoms with Gasteiger partial charge >= 0.3 is 5.69 Å². The van der Waals surface area contributed by atoms with Crippen molar-refractivity contribution in [3.8, 4) is 11.4 Å². The summed E-state index contributed by atoms with van der Waals surface area (Å²) in [7, 11) is -3.73. The van der Waals surface area contributed by atoms with Crippen molar-refractivity contribution < 1.29 is 12.9 Å². The second-order valence-electron chi connectivity index (χ2n) is 7.02. The number of fused-ring (bicyclic) bond motifs is 1. The fourth-order valence-electron chi connectivity index (χ4n) is 3.21. The predicted molar refractivity (Wildman–Crippen MR) is 111 cm³/mol. The zero-order valence-corrected chi connectivity index (χ0v) is 17.5. The van der Waals surface area contributed by atoms with Crippen molar-refractivity contribution in [1.29, 1.82) is 0 Å². The zero-order chi connectivity index (χ0) is 21.5. The van der Waals surface area contributed by atoms with Gasteiger partial charge in [-0.3, -0.25) is 4.57 Å². The first-order valence-corrected chi connectivity index (χ1v) is 10.9. The lowest BCUT2D eigenvalue weighted by Crippen LogP contribution is -2.27. The summed E-state index contributed by atoms with van der Waals surface area (Å²) in [5, 5.41) is 3.96. The van der Waals surface area contributed by atoms with Crippen LogP contribution in [0.25, 0.3) is 22.4 Å². The number of aromatic nitrogens is 4. The fraction of sp³-hybridized carbons (Fsp3) is 0.250. The highest BCUT2D eigenvalue weighted by Crippen LogP contribution is 2.23. The molecule has 2 aromatic carbocycles. The molecule has 0 fully saturated rings. The Bertz CT molecular complexity index is 1370. The van der Waals surface area contributed by atoms with E-state index in [9.17, 15) is 13.2 Å². The molecule has 2 N–H and O–H groups in total. The van der Waals surface area contributed by atoms with Crippen molar-refractivity contribution >= 4 is 21.1 Å². The molecular weight excluding hydrogens is 406 g/mol. The minimum Gasteiger partial charge on any atom is -0.337 e. The van der Waals surface area contributed by atoms with Crippen LogP contribution < -0.4 is 10.4 Å². The Hall–Kier alpha value is -3.24. The van der Waals surface area contributed by atoms with Gasteiger partial charge in [-0.05, 0) is 51.1 Å². The van der Waals surface area contributed by atoms with Crippen molar-refractivity contribution in [2.75, 3.05) is 0 Å². The van der Waals surface area contributed by atoms with E-state index in [1.165, 1.54) is 0 Å². The summed E-state index contributed by atoms with van der Waals surface area (Å²) >= 11 is 0. The molecule has 0 bridgehead atoms. The van der Waals surface area contributed by atoms with Gasteiger partial charge in [0.05, 0.1) is 22.0 Å². The summed E-state index contributed by atoms with van der Waals surface area (Å²) < 4.78 is 34.6. The van der Waals surface area contributed by atoms with E-state index in [1.807, 2.05) is 19.9 Å². The Morgan fingerprint density at radius 2 is 1.93 bits per heavy atom. The second kappa shape index (κ2) is 7.54. The third-order valence-electron chi connectivity index (χ3n) is 4.82. The summed E-state index contributed by atoms with van der Waals surface area (Å²) in [6.07, 6.45) is 0. The highest BCUT2D eigenvalue weighted by molar-refractivity contribution is 7.89. The summed E-state index contributed by atoms with van der Waals surface area (Å²) in [6.45, 7) is 5.97. The summed E-state index contributed by atoms with van der Waals surface area (Å²) in [5.41, 5.74) is 2.89. The normalized spacial score (nSPS) is 13.0. The lowest BCUT2D eigenvalue weighted by molar-refractivity contribution is 0.354. The number of aromatic amines is 1. The first kappa shape index (κ1) is 20.0. The number of nitrogens with one attached hydrogen (secondary N) is 2. The molecule has 0 spiro atoms. The van der Waals surface area contributed by atoms with E-state index in [2.05, 4.69) is 19.8 Å². The monoisotopic (exact) mass is 427 g/mol. The van der Waals surface area contributed by atoms with Crippen LogP contribution in [0.3, 0.4) is 0 Å². The minimum absolute atomic E-state index is 0.139. The van der Waals surface area contributed by atoms with Gasteiger partial charge < -0.3 is 9.51 Å². The number of nitrogens with zero attached hydrogens (tertiary/aromatic N) is 3. The maximum absolute atomic E-state index is 12.6. The summed E-state index contributed by atoms with van der Waals surface area (Å²) in [5.74, 6) is 0.443. The summed E-state index contributed by atoms with van der Waals surface area (Å²) in [4.78, 5) is 19.3. The lowest BCUT2D eigenvalue weighted by atomic mass is 10.2. The maximum Gasteiger partial charge on any atom is 0.326 e. The SMILES string of the molecule is CCn1c(=O)[nH]c2cc(-c3noc([C@H](C)NS(=O)(=O)c4ccc(C)cc4)n3)ccc21. The molecule has 0 unspecified atom stereocenters. The largest absolute Gasteiger partial charge is 0.337 e. The molecule has 0 amide bonds. The van der Waals surface area contributed by atoms with Gasteiger partial charge in [-0.1, -0.05) is 22.9 Å². The molecule has 30 heavy (non-hydrogen) atoms. The fourth-order valence-corrected chi connectivity index (χ4v) is 4.41. The molecule has 0 aliphatic heterocycles. The number of H-pyrrole nitrogens is 1. The quantitative estimate of drug-likeness (QED) is 0.488. The lowest BCUT2D eigenvalue weighted by Gasteiger charge is -2.10. The zero-order valence-electron chi connectivity index (χ0n) is 16.7. The highest BCUT2D eigenvalue weighted by Gasteiger charge is 2.23. The van der Waals surface area contributed by atoms with Crippen LogP contribution in [0.15, 0.2) is 56.7 Å². The topological polar surface area (TPSA) is 123 Å². The van der Waals surface area contributed by atoms with E-state index >= 15 is 0 Å². The molecule has 10 heteroatoms. The molecule has 0 aliphatic rings. The molecule has 9 nitrogen and oxygen atoms in total. The van der Waals surface area contributed by atoms with Crippen LogP contribution in [0.1, 0.15) is 31.3 Å². The van der Waals surface area contributed by atoms with E-state index in [1.54, 1.807) is 47.9 Å². The number of sulfonamides is 1. The summed E-state index contributed by atoms with van der Waals surface area (Å²) in [6, 6.07) is 11.2. The highest BCUT2D eigenvalue weighted by atomic mass is 32.2. The molecule has 1 atom stereocenters. The average molecular weight is 427 g/mol. The van der Waals surface area contributed by atoms with Gasteiger partial charge in [0, 0.05) is 12.1 Å². The van der Waals surface area contributed by atoms with Gasteiger partial charge in [-0.25, -0.2) is 13.2 Å². The smallest absolute Gasteiger partial charge is 0.326 e. The molecule has 0 saturated carbocycles. The standard InChI is InChI=1S/C20H21N5O4S/c1-4-25-17-10-7-14(11-16(17)21-20(25)26)18-22-19(29-23-18)13(3)24-30(27,28)15-8-5-12(2)6-9-15/h5-11,13,24H,4H2,1-3H3,(H,21,26)/t13-/m0/s1.